The van der Waals surface area contributed by atoms with Crippen molar-refractivity contribution < 1.29 is 19.0 Å². The molecule has 1 rings (SSSR count). The number of benzene rings is 1. The van der Waals surface area contributed by atoms with Crippen molar-refractivity contribution in [3.8, 4) is 5.75 Å². The van der Waals surface area contributed by atoms with Crippen LogP contribution in [-0.2, 0) is 4.79 Å². The van der Waals surface area contributed by atoms with Gasteiger partial charge in [-0.3, -0.25) is 4.79 Å². The molecule has 1 atom stereocenters. The molecule has 0 bridgehead atoms. The fourth-order valence-electron chi connectivity index (χ4n) is 1.51. The van der Waals surface area contributed by atoms with Crippen molar-refractivity contribution in [3.63, 3.8) is 0 Å². The summed E-state index contributed by atoms with van der Waals surface area (Å²) < 4.78 is 18.0. The van der Waals surface area contributed by atoms with Crippen molar-refractivity contribution in [2.45, 2.75) is 20.0 Å². The molecule has 5 nitrogen and oxygen atoms in total. The quantitative estimate of drug-likeness (QED) is 0.634. The van der Waals surface area contributed by atoms with Crippen LogP contribution >= 0.6 is 0 Å². The first kappa shape index (κ1) is 17.4. The Morgan fingerprint density at radius 3 is 2.57 bits per heavy atom. The second kappa shape index (κ2) is 9.31. The average Bonchev–Trinajstić information content (AvgIpc) is 2.44. The summed E-state index contributed by atoms with van der Waals surface area (Å²) in [6, 6.07) is 5.57. The van der Waals surface area contributed by atoms with Crippen LogP contribution in [0, 0.1) is 11.7 Å². The molecule has 0 fully saturated rings. The van der Waals surface area contributed by atoms with Crippen LogP contribution in [0.1, 0.15) is 13.8 Å². The lowest BCUT2D eigenvalue weighted by molar-refractivity contribution is -0.120. The Hall–Kier alpha value is -1.66. The van der Waals surface area contributed by atoms with Gasteiger partial charge in [-0.15, -0.1) is 0 Å². The van der Waals surface area contributed by atoms with Gasteiger partial charge in [0.25, 0.3) is 0 Å². The topological polar surface area (TPSA) is 70.6 Å². The molecule has 1 aromatic carbocycles. The zero-order valence-electron chi connectivity index (χ0n) is 12.4. The fourth-order valence-corrected chi connectivity index (χ4v) is 1.51. The van der Waals surface area contributed by atoms with Crippen LogP contribution in [0.25, 0.3) is 0 Å². The number of hydrogen-bond acceptors (Lipinski definition) is 4. The first-order valence-electron chi connectivity index (χ1n) is 7.01. The largest absolute Gasteiger partial charge is 0.491 e. The third-order valence-electron chi connectivity index (χ3n) is 2.63. The molecule has 6 heteroatoms. The molecule has 0 spiro atoms. The maximum Gasteiger partial charge on any atom is 0.233 e. The van der Waals surface area contributed by atoms with Crippen molar-refractivity contribution in [3.05, 3.63) is 30.1 Å². The van der Waals surface area contributed by atoms with Crippen molar-refractivity contribution in [2.24, 2.45) is 5.92 Å². The molecule has 0 saturated heterocycles. The van der Waals surface area contributed by atoms with Gasteiger partial charge >= 0.3 is 0 Å². The van der Waals surface area contributed by atoms with E-state index in [1.807, 2.05) is 13.8 Å². The third-order valence-corrected chi connectivity index (χ3v) is 2.63. The van der Waals surface area contributed by atoms with Gasteiger partial charge in [-0.2, -0.15) is 0 Å². The number of carbonyl (C=O) groups is 1. The highest BCUT2D eigenvalue weighted by molar-refractivity contribution is 5.77. The van der Waals surface area contributed by atoms with E-state index in [1.54, 1.807) is 0 Å². The van der Waals surface area contributed by atoms with Crippen LogP contribution < -0.4 is 15.4 Å². The normalized spacial score (nSPS) is 12.2. The van der Waals surface area contributed by atoms with Crippen LogP contribution in [0.15, 0.2) is 24.3 Å². The Morgan fingerprint density at radius 1 is 1.29 bits per heavy atom. The highest BCUT2D eigenvalue weighted by Gasteiger charge is 2.07. The molecule has 1 aromatic rings. The van der Waals surface area contributed by atoms with E-state index in [9.17, 15) is 14.3 Å². The maximum absolute atomic E-state index is 12.7. The van der Waals surface area contributed by atoms with Crippen molar-refractivity contribution in [1.82, 2.24) is 10.6 Å². The predicted octanol–water partition coefficient (Wildman–Crippen LogP) is 0.927. The second-order valence-electron chi connectivity index (χ2n) is 5.25. The fraction of sp³-hybridized carbons (Fsp3) is 0.533. The van der Waals surface area contributed by atoms with Gasteiger partial charge in [-0.05, 0) is 30.2 Å². The van der Waals surface area contributed by atoms with E-state index in [2.05, 4.69) is 10.6 Å². The third kappa shape index (κ3) is 8.27. The summed E-state index contributed by atoms with van der Waals surface area (Å²) in [6.45, 7) is 5.15. The van der Waals surface area contributed by atoms with E-state index < -0.39 is 6.10 Å². The zero-order chi connectivity index (χ0) is 15.7. The highest BCUT2D eigenvalue weighted by Crippen LogP contribution is 2.11. The van der Waals surface area contributed by atoms with E-state index in [1.165, 1.54) is 24.3 Å². The molecule has 0 aliphatic heterocycles. The van der Waals surface area contributed by atoms with Crippen molar-refractivity contribution in [2.75, 3.05) is 26.2 Å². The maximum atomic E-state index is 12.7. The molecule has 118 valence electrons. The average molecular weight is 298 g/mol. The summed E-state index contributed by atoms with van der Waals surface area (Å²) in [6.07, 6.45) is -0.743. The number of aliphatic hydroxyl groups is 1. The number of rotatable bonds is 9. The monoisotopic (exact) mass is 298 g/mol. The number of aliphatic hydroxyl groups excluding tert-OH is 1. The molecule has 0 aromatic heterocycles. The molecular formula is C15H23FN2O3. The van der Waals surface area contributed by atoms with Gasteiger partial charge in [0.05, 0.1) is 6.54 Å². The zero-order valence-corrected chi connectivity index (χ0v) is 12.4. The Labute approximate surface area is 124 Å². The minimum Gasteiger partial charge on any atom is -0.491 e. The Morgan fingerprint density at radius 2 is 1.95 bits per heavy atom. The first-order chi connectivity index (χ1) is 9.97. The predicted molar refractivity (Wildman–Crippen MR) is 78.6 cm³/mol. The van der Waals surface area contributed by atoms with E-state index >= 15 is 0 Å². The van der Waals surface area contributed by atoms with E-state index in [-0.39, 0.29) is 31.4 Å². The number of carbonyl (C=O) groups excluding carboxylic acids is 1. The lowest BCUT2D eigenvalue weighted by Crippen LogP contribution is -2.39. The van der Waals surface area contributed by atoms with Gasteiger partial charge in [0, 0.05) is 13.1 Å². The van der Waals surface area contributed by atoms with Gasteiger partial charge in [0.2, 0.25) is 5.91 Å². The highest BCUT2D eigenvalue weighted by atomic mass is 19.1. The SMILES string of the molecule is CC(C)CNC(=O)CNCC(O)COc1ccc(F)cc1. The second-order valence-corrected chi connectivity index (χ2v) is 5.25. The summed E-state index contributed by atoms with van der Waals surface area (Å²) in [5.74, 6) is 0.459. The Bertz CT molecular complexity index is 423. The molecule has 0 heterocycles. The molecular weight excluding hydrogens is 275 g/mol. The van der Waals surface area contributed by atoms with Crippen LogP contribution in [0.2, 0.25) is 0 Å². The molecule has 0 saturated carbocycles. The summed E-state index contributed by atoms with van der Waals surface area (Å²) in [7, 11) is 0. The number of halogens is 1. The minimum absolute atomic E-state index is 0.0756. The van der Waals surface area contributed by atoms with E-state index in [0.29, 0.717) is 18.2 Å². The molecule has 21 heavy (non-hydrogen) atoms. The van der Waals surface area contributed by atoms with Crippen molar-refractivity contribution >= 4 is 5.91 Å². The Balaban J connectivity index is 2.12. The van der Waals surface area contributed by atoms with Gasteiger partial charge in [-0.1, -0.05) is 13.8 Å². The summed E-state index contributed by atoms with van der Waals surface area (Å²) in [4.78, 5) is 11.4. The van der Waals surface area contributed by atoms with Gasteiger partial charge in [0.1, 0.15) is 24.3 Å². The summed E-state index contributed by atoms with van der Waals surface area (Å²) >= 11 is 0. The van der Waals surface area contributed by atoms with Crippen molar-refractivity contribution in [1.29, 1.82) is 0 Å². The van der Waals surface area contributed by atoms with Crippen LogP contribution in [0.4, 0.5) is 4.39 Å². The molecule has 3 N–H and O–H groups in total. The molecule has 0 aliphatic carbocycles. The summed E-state index contributed by atoms with van der Waals surface area (Å²) in [5, 5.41) is 15.3. The first-order valence-corrected chi connectivity index (χ1v) is 7.01. The number of nitrogens with one attached hydrogen (secondary N) is 2. The molecule has 1 unspecified atom stereocenters. The minimum atomic E-state index is -0.743. The smallest absolute Gasteiger partial charge is 0.233 e. The molecule has 0 radical (unpaired) electrons. The van der Waals surface area contributed by atoms with Gasteiger partial charge in [-0.25, -0.2) is 4.39 Å². The number of hydrogen-bond donors (Lipinski definition) is 3. The molecule has 1 amide bonds. The van der Waals surface area contributed by atoms with Gasteiger partial charge in [0.15, 0.2) is 0 Å². The molecule has 0 aliphatic rings. The number of amides is 1. The lowest BCUT2D eigenvalue weighted by atomic mass is 10.2. The lowest BCUT2D eigenvalue weighted by Gasteiger charge is -2.13. The number of ether oxygens (including phenoxy) is 1. The van der Waals surface area contributed by atoms with Crippen LogP contribution in [-0.4, -0.2) is 43.4 Å². The summed E-state index contributed by atoms with van der Waals surface area (Å²) in [5.41, 5.74) is 0. The van der Waals surface area contributed by atoms with Crippen LogP contribution in [0.3, 0.4) is 0 Å². The van der Waals surface area contributed by atoms with E-state index in [4.69, 9.17) is 4.74 Å². The van der Waals surface area contributed by atoms with Crippen LogP contribution in [0.5, 0.6) is 5.75 Å². The van der Waals surface area contributed by atoms with E-state index in [0.717, 1.165) is 0 Å². The van der Waals surface area contributed by atoms with Gasteiger partial charge < -0.3 is 20.5 Å². The Kier molecular flexibility index (Phi) is 7.71. The standard InChI is InChI=1S/C15H23FN2O3/c1-11(2)7-18-15(20)9-17-8-13(19)10-21-14-5-3-12(16)4-6-14/h3-6,11,13,17,19H,7-10H2,1-2H3,(H,18,20).